The van der Waals surface area contributed by atoms with Gasteiger partial charge in [-0.05, 0) is 55.3 Å². The third-order valence-corrected chi connectivity index (χ3v) is 4.36. The molecule has 2 aromatic rings. The molecule has 0 unspecified atom stereocenters. The van der Waals surface area contributed by atoms with Gasteiger partial charge in [0, 0.05) is 0 Å². The molecular formula is C22H22N2O5. The van der Waals surface area contributed by atoms with Crippen LogP contribution < -0.4 is 14.5 Å². The Labute approximate surface area is 168 Å². The van der Waals surface area contributed by atoms with Crippen molar-refractivity contribution in [1.82, 2.24) is 0 Å². The maximum absolute atomic E-state index is 12.9. The summed E-state index contributed by atoms with van der Waals surface area (Å²) in [6.07, 6.45) is 2.62. The van der Waals surface area contributed by atoms with Gasteiger partial charge in [0.1, 0.15) is 0 Å². The minimum Gasteiger partial charge on any atom is -0.493 e. The summed E-state index contributed by atoms with van der Waals surface area (Å²) in [5.74, 6) is -0.159. The maximum atomic E-state index is 12.9. The topological polar surface area (TPSA) is 88.4 Å². The molecule has 0 spiro atoms. The van der Waals surface area contributed by atoms with Gasteiger partial charge in [-0.3, -0.25) is 4.79 Å². The van der Waals surface area contributed by atoms with E-state index in [1.165, 1.54) is 17.1 Å². The van der Waals surface area contributed by atoms with Crippen molar-refractivity contribution in [3.8, 4) is 11.5 Å². The summed E-state index contributed by atoms with van der Waals surface area (Å²) < 4.78 is 11.0. The van der Waals surface area contributed by atoms with Crippen LogP contribution in [0.25, 0.3) is 6.08 Å². The number of methoxy groups -OCH3 is 1. The number of hydrogen-bond acceptors (Lipinski definition) is 5. The molecule has 1 aliphatic rings. The van der Waals surface area contributed by atoms with Crippen LogP contribution in [-0.4, -0.2) is 36.4 Å². The summed E-state index contributed by atoms with van der Waals surface area (Å²) in [5.41, 5.74) is 2.23. The largest absolute Gasteiger partial charge is 0.493 e. The van der Waals surface area contributed by atoms with Crippen LogP contribution in [0.3, 0.4) is 0 Å². The number of anilines is 1. The van der Waals surface area contributed by atoms with Crippen molar-refractivity contribution >= 4 is 29.4 Å². The SMILES string of the molecule is CCCOc1ccc(/C=C2\C(=O)N(c3cccc(C(=O)O)c3)N=C2C)cc1OC. The quantitative estimate of drug-likeness (QED) is 0.718. The molecule has 0 bridgehead atoms. The van der Waals surface area contributed by atoms with E-state index in [1.807, 2.05) is 13.0 Å². The van der Waals surface area contributed by atoms with Gasteiger partial charge in [0.15, 0.2) is 11.5 Å². The van der Waals surface area contributed by atoms with Crippen molar-refractivity contribution in [3.63, 3.8) is 0 Å². The number of hydrogen-bond donors (Lipinski definition) is 1. The van der Waals surface area contributed by atoms with Gasteiger partial charge in [0.05, 0.1) is 36.3 Å². The van der Waals surface area contributed by atoms with Crippen LogP contribution in [0, 0.1) is 0 Å². The van der Waals surface area contributed by atoms with Gasteiger partial charge in [-0.1, -0.05) is 19.1 Å². The Morgan fingerprint density at radius 2 is 2.00 bits per heavy atom. The van der Waals surface area contributed by atoms with Crippen molar-refractivity contribution in [2.75, 3.05) is 18.7 Å². The minimum absolute atomic E-state index is 0.0907. The Balaban J connectivity index is 1.90. The molecule has 29 heavy (non-hydrogen) atoms. The van der Waals surface area contributed by atoms with Crippen LogP contribution in [0.5, 0.6) is 11.5 Å². The number of carbonyl (C=O) groups excluding carboxylic acids is 1. The Morgan fingerprint density at radius 3 is 2.69 bits per heavy atom. The van der Waals surface area contributed by atoms with E-state index in [2.05, 4.69) is 5.10 Å². The lowest BCUT2D eigenvalue weighted by Crippen LogP contribution is -2.21. The van der Waals surface area contributed by atoms with Crippen LogP contribution in [-0.2, 0) is 4.79 Å². The first-order chi connectivity index (χ1) is 13.9. The standard InChI is InChI=1S/C22H22N2O5/c1-4-10-29-19-9-8-15(12-20(19)28-3)11-18-14(2)23-24(21(18)25)17-7-5-6-16(13-17)22(26)27/h5-9,11-13H,4,10H2,1-3H3,(H,26,27)/b18-11-. The zero-order valence-corrected chi connectivity index (χ0v) is 16.5. The smallest absolute Gasteiger partial charge is 0.335 e. The number of benzene rings is 2. The highest BCUT2D eigenvalue weighted by atomic mass is 16.5. The van der Waals surface area contributed by atoms with E-state index >= 15 is 0 Å². The number of hydrazone groups is 1. The van der Waals surface area contributed by atoms with Crippen molar-refractivity contribution in [2.45, 2.75) is 20.3 Å². The Kier molecular flexibility index (Phi) is 5.97. The fraction of sp³-hybridized carbons (Fsp3) is 0.227. The number of carboxylic acid groups (broad SMARTS) is 1. The number of aromatic carboxylic acids is 1. The normalized spacial score (nSPS) is 14.9. The molecule has 0 atom stereocenters. The monoisotopic (exact) mass is 394 g/mol. The summed E-state index contributed by atoms with van der Waals surface area (Å²) in [6.45, 7) is 4.35. The van der Waals surface area contributed by atoms with E-state index in [0.717, 1.165) is 12.0 Å². The first-order valence-electron chi connectivity index (χ1n) is 9.20. The first kappa shape index (κ1) is 20.1. The number of rotatable bonds is 7. The van der Waals surface area contributed by atoms with Gasteiger partial charge in [-0.25, -0.2) is 4.79 Å². The summed E-state index contributed by atoms with van der Waals surface area (Å²) >= 11 is 0. The van der Waals surface area contributed by atoms with Gasteiger partial charge < -0.3 is 14.6 Å². The van der Waals surface area contributed by atoms with E-state index in [4.69, 9.17) is 14.6 Å². The molecular weight excluding hydrogens is 372 g/mol. The molecule has 3 rings (SSSR count). The van der Waals surface area contributed by atoms with Gasteiger partial charge >= 0.3 is 5.97 Å². The van der Waals surface area contributed by atoms with E-state index in [-0.39, 0.29) is 11.5 Å². The Morgan fingerprint density at radius 1 is 1.21 bits per heavy atom. The van der Waals surface area contributed by atoms with E-state index in [9.17, 15) is 9.59 Å². The number of carbonyl (C=O) groups is 2. The third-order valence-electron chi connectivity index (χ3n) is 4.36. The highest BCUT2D eigenvalue weighted by Crippen LogP contribution is 2.31. The number of amides is 1. The van der Waals surface area contributed by atoms with E-state index in [0.29, 0.717) is 35.1 Å². The summed E-state index contributed by atoms with van der Waals surface area (Å²) in [4.78, 5) is 24.1. The van der Waals surface area contributed by atoms with Crippen LogP contribution in [0.1, 0.15) is 36.2 Å². The number of ether oxygens (including phenoxy) is 2. The van der Waals surface area contributed by atoms with Crippen molar-refractivity contribution < 1.29 is 24.2 Å². The molecule has 0 aromatic heterocycles. The molecule has 1 N–H and O–H groups in total. The maximum Gasteiger partial charge on any atom is 0.335 e. The highest BCUT2D eigenvalue weighted by molar-refractivity contribution is 6.32. The zero-order chi connectivity index (χ0) is 21.0. The van der Waals surface area contributed by atoms with Gasteiger partial charge in [-0.2, -0.15) is 10.1 Å². The molecule has 2 aromatic carbocycles. The van der Waals surface area contributed by atoms with Crippen molar-refractivity contribution in [3.05, 3.63) is 59.2 Å². The molecule has 150 valence electrons. The number of carboxylic acids is 1. The lowest BCUT2D eigenvalue weighted by Gasteiger charge is -2.12. The van der Waals surface area contributed by atoms with Gasteiger partial charge in [0.25, 0.3) is 5.91 Å². The fourth-order valence-electron chi connectivity index (χ4n) is 2.90. The predicted octanol–water partition coefficient (Wildman–Crippen LogP) is 3.99. The molecule has 0 saturated heterocycles. The predicted molar refractivity (Wildman–Crippen MR) is 111 cm³/mol. The second-order valence-corrected chi connectivity index (χ2v) is 6.47. The summed E-state index contributed by atoms with van der Waals surface area (Å²) in [6, 6.07) is 11.6. The molecule has 7 heteroatoms. The Hall–Kier alpha value is -3.61. The van der Waals surface area contributed by atoms with Crippen LogP contribution in [0.15, 0.2) is 53.1 Å². The second-order valence-electron chi connectivity index (χ2n) is 6.47. The highest BCUT2D eigenvalue weighted by Gasteiger charge is 2.29. The first-order valence-corrected chi connectivity index (χ1v) is 9.20. The fourth-order valence-corrected chi connectivity index (χ4v) is 2.90. The molecule has 0 saturated carbocycles. The molecule has 0 fully saturated rings. The number of nitrogens with zero attached hydrogens (tertiary/aromatic N) is 2. The van der Waals surface area contributed by atoms with Crippen molar-refractivity contribution in [2.24, 2.45) is 5.10 Å². The van der Waals surface area contributed by atoms with E-state index < -0.39 is 5.97 Å². The molecule has 0 radical (unpaired) electrons. The minimum atomic E-state index is -1.06. The molecule has 1 heterocycles. The van der Waals surface area contributed by atoms with Crippen LogP contribution in [0.4, 0.5) is 5.69 Å². The van der Waals surface area contributed by atoms with Gasteiger partial charge in [0.2, 0.25) is 0 Å². The summed E-state index contributed by atoms with van der Waals surface area (Å²) in [7, 11) is 1.57. The molecule has 7 nitrogen and oxygen atoms in total. The molecule has 1 aliphatic heterocycles. The molecule has 1 amide bonds. The second kappa shape index (κ2) is 8.60. The molecule has 0 aliphatic carbocycles. The average molecular weight is 394 g/mol. The van der Waals surface area contributed by atoms with Gasteiger partial charge in [-0.15, -0.1) is 0 Å². The Bertz CT molecular complexity index is 1010. The lowest BCUT2D eigenvalue weighted by molar-refractivity contribution is -0.114. The zero-order valence-electron chi connectivity index (χ0n) is 16.5. The lowest BCUT2D eigenvalue weighted by atomic mass is 10.1. The average Bonchev–Trinajstić information content (AvgIpc) is 3.01. The van der Waals surface area contributed by atoms with Crippen molar-refractivity contribution in [1.29, 1.82) is 0 Å². The third kappa shape index (κ3) is 4.29. The van der Waals surface area contributed by atoms with Crippen LogP contribution in [0.2, 0.25) is 0 Å². The van der Waals surface area contributed by atoms with Crippen LogP contribution >= 0.6 is 0 Å². The summed E-state index contributed by atoms with van der Waals surface area (Å²) in [5, 5.41) is 14.7. The van der Waals surface area contributed by atoms with E-state index in [1.54, 1.807) is 44.4 Å².